The molecule has 1 N–H and O–H groups in total. The molecule has 0 unspecified atom stereocenters. The molecule has 6 heteroatoms. The molecule has 174 valence electrons. The number of alkyl halides is 1. The number of aliphatic hydroxyl groups excluding tert-OH is 1. The lowest BCUT2D eigenvalue weighted by Gasteiger charge is -2.43. The molecular weight excluding hydrogens is 423 g/mol. The van der Waals surface area contributed by atoms with Crippen LogP contribution in [-0.4, -0.2) is 42.5 Å². The first kappa shape index (κ1) is 23.5. The average molecular weight is 453 g/mol. The molecule has 0 amide bonds. The van der Waals surface area contributed by atoms with E-state index in [9.17, 15) is 9.50 Å². The van der Waals surface area contributed by atoms with Crippen molar-refractivity contribution in [1.82, 2.24) is 0 Å². The number of aliphatic hydroxyl groups is 1. The molecule has 1 saturated heterocycles. The highest BCUT2D eigenvalue weighted by atomic mass is 19.1. The van der Waals surface area contributed by atoms with Crippen molar-refractivity contribution in [3.63, 3.8) is 0 Å². The third-order valence-corrected chi connectivity index (χ3v) is 5.62. The van der Waals surface area contributed by atoms with E-state index in [1.54, 1.807) is 0 Å². The van der Waals surface area contributed by atoms with Crippen molar-refractivity contribution in [3.05, 3.63) is 108 Å². The molecule has 33 heavy (non-hydrogen) atoms. The van der Waals surface area contributed by atoms with Crippen molar-refractivity contribution < 1.29 is 28.4 Å². The van der Waals surface area contributed by atoms with Crippen LogP contribution in [0.25, 0.3) is 0 Å². The largest absolute Gasteiger partial charge is 0.368 e. The van der Waals surface area contributed by atoms with Gasteiger partial charge in [-0.15, -0.1) is 0 Å². The summed E-state index contributed by atoms with van der Waals surface area (Å²) in [5.41, 5.74) is 2.85. The third-order valence-electron chi connectivity index (χ3n) is 5.62. The Kier molecular flexibility index (Phi) is 8.58. The number of rotatable bonds is 10. The first-order valence-electron chi connectivity index (χ1n) is 11.1. The van der Waals surface area contributed by atoms with Gasteiger partial charge < -0.3 is 24.1 Å². The number of benzene rings is 3. The zero-order valence-corrected chi connectivity index (χ0v) is 18.3. The zero-order chi connectivity index (χ0) is 22.9. The van der Waals surface area contributed by atoms with E-state index in [0.29, 0.717) is 0 Å². The summed E-state index contributed by atoms with van der Waals surface area (Å²) >= 11 is 0. The minimum absolute atomic E-state index is 0.253. The quantitative estimate of drug-likeness (QED) is 0.493. The predicted molar refractivity (Wildman–Crippen MR) is 122 cm³/mol. The van der Waals surface area contributed by atoms with Gasteiger partial charge in [0.1, 0.15) is 31.1 Å². The molecule has 3 aromatic carbocycles. The molecule has 1 aliphatic rings. The van der Waals surface area contributed by atoms with Crippen LogP contribution in [0.2, 0.25) is 0 Å². The fraction of sp³-hybridized carbons (Fsp3) is 0.333. The van der Waals surface area contributed by atoms with Gasteiger partial charge in [0.2, 0.25) is 0 Å². The summed E-state index contributed by atoms with van der Waals surface area (Å²) in [5.74, 6) is 0. The van der Waals surface area contributed by atoms with Gasteiger partial charge in [-0.3, -0.25) is 0 Å². The van der Waals surface area contributed by atoms with Crippen LogP contribution in [0.1, 0.15) is 16.7 Å². The van der Waals surface area contributed by atoms with Crippen molar-refractivity contribution in [1.29, 1.82) is 0 Å². The standard InChI is InChI=1S/C27H29FO5/c28-16-23-24(30-17-20-10-4-1-5-11-20)25(31-18-21-12-6-2-7-13-21)26(27(29)33-23)32-19-22-14-8-3-9-15-22/h1-15,23-27,29H,16-19H2/t23-,24-,25+,26-,27-/m1/s1. The molecule has 5 nitrogen and oxygen atoms in total. The van der Waals surface area contributed by atoms with Gasteiger partial charge in [-0.2, -0.15) is 0 Å². The van der Waals surface area contributed by atoms with E-state index in [1.165, 1.54) is 0 Å². The van der Waals surface area contributed by atoms with Gasteiger partial charge in [0.15, 0.2) is 6.29 Å². The van der Waals surface area contributed by atoms with E-state index >= 15 is 0 Å². The molecule has 0 spiro atoms. The Labute approximate surface area is 193 Å². The van der Waals surface area contributed by atoms with Crippen molar-refractivity contribution in [2.45, 2.75) is 50.5 Å². The molecule has 0 radical (unpaired) electrons. The molecule has 0 bridgehead atoms. The number of hydrogen-bond acceptors (Lipinski definition) is 5. The van der Waals surface area contributed by atoms with Crippen LogP contribution in [0.4, 0.5) is 4.39 Å². The molecule has 4 rings (SSSR count). The maximum Gasteiger partial charge on any atom is 0.184 e. The third kappa shape index (κ3) is 6.47. The van der Waals surface area contributed by atoms with Crippen molar-refractivity contribution >= 4 is 0 Å². The lowest BCUT2D eigenvalue weighted by atomic mass is 9.98. The lowest BCUT2D eigenvalue weighted by molar-refractivity contribution is -0.313. The van der Waals surface area contributed by atoms with Gasteiger partial charge in [-0.05, 0) is 16.7 Å². The van der Waals surface area contributed by atoms with E-state index in [1.807, 2.05) is 91.0 Å². The van der Waals surface area contributed by atoms with Gasteiger partial charge >= 0.3 is 0 Å². The zero-order valence-electron chi connectivity index (χ0n) is 18.3. The van der Waals surface area contributed by atoms with Crippen molar-refractivity contribution in [3.8, 4) is 0 Å². The van der Waals surface area contributed by atoms with Crippen molar-refractivity contribution in [2.75, 3.05) is 6.67 Å². The van der Waals surface area contributed by atoms with Crippen LogP contribution >= 0.6 is 0 Å². The summed E-state index contributed by atoms with van der Waals surface area (Å²) in [5, 5.41) is 10.7. The summed E-state index contributed by atoms with van der Waals surface area (Å²) in [6.07, 6.45) is -4.66. The fourth-order valence-corrected chi connectivity index (χ4v) is 3.89. The summed E-state index contributed by atoms with van der Waals surface area (Å²) in [6.45, 7) is -0.0262. The average Bonchev–Trinajstić information content (AvgIpc) is 2.87. The van der Waals surface area contributed by atoms with Crippen LogP contribution < -0.4 is 0 Å². The molecule has 5 atom stereocenters. The summed E-state index contributed by atoms with van der Waals surface area (Å²) in [4.78, 5) is 0. The topological polar surface area (TPSA) is 57.2 Å². The highest BCUT2D eigenvalue weighted by molar-refractivity contribution is 5.15. The Balaban J connectivity index is 1.53. The molecule has 1 fully saturated rings. The first-order chi connectivity index (χ1) is 16.2. The minimum Gasteiger partial charge on any atom is -0.368 e. The Morgan fingerprint density at radius 2 is 1.00 bits per heavy atom. The summed E-state index contributed by atoms with van der Waals surface area (Å²) in [7, 11) is 0. The molecular formula is C27H29FO5. The first-order valence-corrected chi connectivity index (χ1v) is 11.1. The fourth-order valence-electron chi connectivity index (χ4n) is 3.89. The van der Waals surface area contributed by atoms with Gasteiger partial charge in [-0.25, -0.2) is 4.39 Å². The van der Waals surface area contributed by atoms with Crippen LogP contribution in [0.15, 0.2) is 91.0 Å². The highest BCUT2D eigenvalue weighted by Gasteiger charge is 2.47. The Hall–Kier alpha value is -2.61. The maximum atomic E-state index is 13.9. The number of ether oxygens (including phenoxy) is 4. The molecule has 0 aromatic heterocycles. The van der Waals surface area contributed by atoms with E-state index < -0.39 is 37.4 Å². The van der Waals surface area contributed by atoms with Crippen LogP contribution in [0.3, 0.4) is 0 Å². The van der Waals surface area contributed by atoms with Crippen LogP contribution in [0, 0.1) is 0 Å². The smallest absolute Gasteiger partial charge is 0.184 e. The number of halogens is 1. The second kappa shape index (κ2) is 12.0. The molecule has 1 heterocycles. The van der Waals surface area contributed by atoms with E-state index in [-0.39, 0.29) is 19.8 Å². The molecule has 3 aromatic rings. The van der Waals surface area contributed by atoms with Crippen LogP contribution in [0.5, 0.6) is 0 Å². The Morgan fingerprint density at radius 1 is 0.606 bits per heavy atom. The Bertz CT molecular complexity index is 941. The second-order valence-electron chi connectivity index (χ2n) is 8.00. The van der Waals surface area contributed by atoms with Crippen molar-refractivity contribution in [2.24, 2.45) is 0 Å². The predicted octanol–water partition coefficient (Wildman–Crippen LogP) is 4.43. The summed E-state index contributed by atoms with van der Waals surface area (Å²) < 4.78 is 37.9. The SMILES string of the molecule is O[C@@H]1O[C@H](CF)[C@@H](OCc2ccccc2)[C@H](OCc2ccccc2)[C@H]1OCc1ccccc1. The Morgan fingerprint density at radius 3 is 1.42 bits per heavy atom. The molecule has 0 aliphatic carbocycles. The lowest BCUT2D eigenvalue weighted by Crippen LogP contribution is -2.60. The monoisotopic (exact) mass is 452 g/mol. The number of hydrogen-bond donors (Lipinski definition) is 1. The normalized spacial score (nSPS) is 25.1. The van der Waals surface area contributed by atoms with Gasteiger partial charge in [-0.1, -0.05) is 91.0 Å². The van der Waals surface area contributed by atoms with E-state index in [0.717, 1.165) is 16.7 Å². The highest BCUT2D eigenvalue weighted by Crippen LogP contribution is 2.29. The van der Waals surface area contributed by atoms with E-state index in [4.69, 9.17) is 18.9 Å². The van der Waals surface area contributed by atoms with E-state index in [2.05, 4.69) is 0 Å². The van der Waals surface area contributed by atoms with Gasteiger partial charge in [0, 0.05) is 0 Å². The second-order valence-corrected chi connectivity index (χ2v) is 8.00. The van der Waals surface area contributed by atoms with Crippen LogP contribution in [-0.2, 0) is 38.8 Å². The van der Waals surface area contributed by atoms with Gasteiger partial charge in [0.05, 0.1) is 19.8 Å². The maximum absolute atomic E-state index is 13.9. The van der Waals surface area contributed by atoms with Gasteiger partial charge in [0.25, 0.3) is 0 Å². The minimum atomic E-state index is -1.34. The summed E-state index contributed by atoms with van der Waals surface area (Å²) in [6, 6.07) is 28.9. The molecule has 1 aliphatic heterocycles. The molecule has 0 saturated carbocycles.